The molecule has 2 heterocycles. The number of amides is 1. The van der Waals surface area contributed by atoms with E-state index in [4.69, 9.17) is 9.15 Å². The highest BCUT2D eigenvalue weighted by molar-refractivity contribution is 5.78. The van der Waals surface area contributed by atoms with Crippen molar-refractivity contribution in [3.05, 3.63) is 59.5 Å². The van der Waals surface area contributed by atoms with Crippen LogP contribution >= 0.6 is 0 Å². The summed E-state index contributed by atoms with van der Waals surface area (Å²) in [7, 11) is 0. The van der Waals surface area contributed by atoms with E-state index in [-0.39, 0.29) is 30.8 Å². The molecule has 5 heteroatoms. The van der Waals surface area contributed by atoms with Crippen LogP contribution in [0, 0.1) is 12.8 Å². The molecule has 2 aromatic rings. The van der Waals surface area contributed by atoms with Crippen LogP contribution in [0.5, 0.6) is 0 Å². The van der Waals surface area contributed by atoms with Gasteiger partial charge in [-0.15, -0.1) is 0 Å². The van der Waals surface area contributed by atoms with Crippen molar-refractivity contribution in [2.45, 2.75) is 26.2 Å². The van der Waals surface area contributed by atoms with Crippen LogP contribution in [0.3, 0.4) is 0 Å². The van der Waals surface area contributed by atoms with Crippen molar-refractivity contribution >= 4 is 11.9 Å². The summed E-state index contributed by atoms with van der Waals surface area (Å²) in [4.78, 5) is 25.8. The lowest BCUT2D eigenvalue weighted by Gasteiger charge is -2.16. The van der Waals surface area contributed by atoms with Gasteiger partial charge >= 0.3 is 5.97 Å². The van der Waals surface area contributed by atoms with Crippen LogP contribution in [0.2, 0.25) is 0 Å². The maximum atomic E-state index is 12.1. The van der Waals surface area contributed by atoms with E-state index in [0.717, 1.165) is 12.2 Å². The van der Waals surface area contributed by atoms with Crippen LogP contribution in [0.25, 0.3) is 0 Å². The molecule has 1 unspecified atom stereocenters. The van der Waals surface area contributed by atoms with Gasteiger partial charge < -0.3 is 14.1 Å². The summed E-state index contributed by atoms with van der Waals surface area (Å²) in [5, 5.41) is 0. The smallest absolute Gasteiger partial charge is 0.313 e. The fraction of sp³-hybridized carbons (Fsp3) is 0.400. The minimum Gasteiger partial charge on any atom is -0.466 e. The van der Waals surface area contributed by atoms with Gasteiger partial charge in [-0.05, 0) is 31.0 Å². The number of hydrogen-bond acceptors (Lipinski definition) is 4. The fourth-order valence-electron chi connectivity index (χ4n) is 3.07. The number of hydrogen-bond donors (Lipinski definition) is 0. The Morgan fingerprint density at radius 1 is 1.24 bits per heavy atom. The molecule has 1 fully saturated rings. The molecule has 1 amide bonds. The average molecular weight is 341 g/mol. The monoisotopic (exact) mass is 341 g/mol. The Morgan fingerprint density at radius 3 is 2.76 bits per heavy atom. The number of nitrogens with zero attached hydrogens (tertiary/aromatic N) is 1. The van der Waals surface area contributed by atoms with Gasteiger partial charge in [0.15, 0.2) is 0 Å². The quantitative estimate of drug-likeness (QED) is 0.727. The van der Waals surface area contributed by atoms with Crippen LogP contribution in [0.4, 0.5) is 0 Å². The van der Waals surface area contributed by atoms with Crippen LogP contribution < -0.4 is 0 Å². The van der Waals surface area contributed by atoms with Crippen LogP contribution in [-0.2, 0) is 27.2 Å². The standard InChI is InChI=1S/C20H23NO4/c1-15-7-8-18(25-15)12-20(23)24-14-17-11-19(22)21(13-17)10-9-16-5-3-2-4-6-16/h2-8,17H,9-14H2,1H3. The number of likely N-dealkylation sites (tertiary alicyclic amines) is 1. The first-order valence-corrected chi connectivity index (χ1v) is 8.63. The normalized spacial score (nSPS) is 17.1. The number of carbonyl (C=O) groups excluding carboxylic acids is 2. The highest BCUT2D eigenvalue weighted by atomic mass is 16.5. The highest BCUT2D eigenvalue weighted by Gasteiger charge is 2.30. The third-order valence-corrected chi connectivity index (χ3v) is 4.40. The Kier molecular flexibility index (Phi) is 5.53. The lowest BCUT2D eigenvalue weighted by molar-refractivity contribution is -0.144. The molecule has 3 rings (SSSR count). The molecule has 5 nitrogen and oxygen atoms in total. The van der Waals surface area contributed by atoms with Gasteiger partial charge in [-0.1, -0.05) is 30.3 Å². The van der Waals surface area contributed by atoms with E-state index in [0.29, 0.717) is 25.3 Å². The van der Waals surface area contributed by atoms with E-state index in [1.54, 1.807) is 6.07 Å². The number of benzene rings is 1. The lowest BCUT2D eigenvalue weighted by Crippen LogP contribution is -2.28. The van der Waals surface area contributed by atoms with Crippen molar-refractivity contribution in [1.82, 2.24) is 4.90 Å². The molecule has 1 aromatic heterocycles. The van der Waals surface area contributed by atoms with Crippen molar-refractivity contribution in [2.24, 2.45) is 5.92 Å². The van der Waals surface area contributed by atoms with Crippen LogP contribution in [-0.4, -0.2) is 36.5 Å². The molecule has 0 radical (unpaired) electrons. The van der Waals surface area contributed by atoms with Gasteiger partial charge in [0.25, 0.3) is 0 Å². The van der Waals surface area contributed by atoms with Crippen molar-refractivity contribution in [3.63, 3.8) is 0 Å². The van der Waals surface area contributed by atoms with Crippen LogP contribution in [0.1, 0.15) is 23.5 Å². The molecule has 1 aliphatic heterocycles. The molecule has 132 valence electrons. The third-order valence-electron chi connectivity index (χ3n) is 4.40. The minimum atomic E-state index is -0.315. The number of esters is 1. The summed E-state index contributed by atoms with van der Waals surface area (Å²) in [6, 6.07) is 13.7. The Bertz CT molecular complexity index is 722. The van der Waals surface area contributed by atoms with Gasteiger partial charge in [0.2, 0.25) is 5.91 Å². The predicted octanol–water partition coefficient (Wildman–Crippen LogP) is 2.76. The Balaban J connectivity index is 1.40. The van der Waals surface area contributed by atoms with E-state index >= 15 is 0 Å². The molecule has 0 N–H and O–H groups in total. The van der Waals surface area contributed by atoms with E-state index in [9.17, 15) is 9.59 Å². The molecule has 0 bridgehead atoms. The van der Waals surface area contributed by atoms with Gasteiger partial charge in [0.1, 0.15) is 17.9 Å². The summed E-state index contributed by atoms with van der Waals surface area (Å²) >= 11 is 0. The number of rotatable bonds is 7. The largest absolute Gasteiger partial charge is 0.466 e. The second-order valence-corrected chi connectivity index (χ2v) is 6.52. The summed E-state index contributed by atoms with van der Waals surface area (Å²) in [6.07, 6.45) is 1.42. The Hall–Kier alpha value is -2.56. The van der Waals surface area contributed by atoms with Gasteiger partial charge in [-0.3, -0.25) is 9.59 Å². The number of aryl methyl sites for hydroxylation is 1. The maximum Gasteiger partial charge on any atom is 0.313 e. The molecule has 1 aromatic carbocycles. The van der Waals surface area contributed by atoms with E-state index < -0.39 is 0 Å². The second-order valence-electron chi connectivity index (χ2n) is 6.52. The zero-order chi connectivity index (χ0) is 17.6. The molecular weight excluding hydrogens is 318 g/mol. The van der Waals surface area contributed by atoms with Gasteiger partial charge in [0.05, 0.1) is 6.61 Å². The number of carbonyl (C=O) groups is 2. The van der Waals surface area contributed by atoms with Crippen molar-refractivity contribution in [1.29, 1.82) is 0 Å². The first-order chi connectivity index (χ1) is 12.1. The first-order valence-electron chi connectivity index (χ1n) is 8.63. The number of furan rings is 1. The SMILES string of the molecule is Cc1ccc(CC(=O)OCC2CC(=O)N(CCc3ccccc3)C2)o1. The first kappa shape index (κ1) is 17.3. The number of ether oxygens (including phenoxy) is 1. The predicted molar refractivity (Wildman–Crippen MR) is 92.9 cm³/mol. The molecule has 1 atom stereocenters. The van der Waals surface area contributed by atoms with Crippen molar-refractivity contribution in [2.75, 3.05) is 19.7 Å². The van der Waals surface area contributed by atoms with Gasteiger partial charge in [-0.2, -0.15) is 0 Å². The molecule has 1 aliphatic rings. The van der Waals surface area contributed by atoms with Gasteiger partial charge in [0, 0.05) is 25.4 Å². The molecule has 0 spiro atoms. The Labute approximate surface area is 147 Å². The summed E-state index contributed by atoms with van der Waals surface area (Å²) in [5.41, 5.74) is 1.22. The minimum absolute atomic E-state index is 0.0746. The molecular formula is C20H23NO4. The lowest BCUT2D eigenvalue weighted by atomic mass is 10.1. The zero-order valence-electron chi connectivity index (χ0n) is 14.4. The fourth-order valence-corrected chi connectivity index (χ4v) is 3.07. The molecule has 25 heavy (non-hydrogen) atoms. The zero-order valence-corrected chi connectivity index (χ0v) is 14.4. The van der Waals surface area contributed by atoms with Crippen LogP contribution in [0.15, 0.2) is 46.9 Å². The van der Waals surface area contributed by atoms with Gasteiger partial charge in [-0.25, -0.2) is 0 Å². The topological polar surface area (TPSA) is 59.8 Å². The average Bonchev–Trinajstić information content (AvgIpc) is 3.17. The summed E-state index contributed by atoms with van der Waals surface area (Å²) in [6.45, 7) is 3.48. The highest BCUT2D eigenvalue weighted by Crippen LogP contribution is 2.19. The van der Waals surface area contributed by atoms with Crippen molar-refractivity contribution in [3.8, 4) is 0 Å². The second kappa shape index (κ2) is 8.01. The summed E-state index contributed by atoms with van der Waals surface area (Å²) in [5.74, 6) is 1.28. The van der Waals surface area contributed by atoms with E-state index in [1.165, 1.54) is 5.56 Å². The molecule has 1 saturated heterocycles. The Morgan fingerprint density at radius 2 is 2.04 bits per heavy atom. The molecule has 0 aliphatic carbocycles. The van der Waals surface area contributed by atoms with E-state index in [2.05, 4.69) is 12.1 Å². The molecule has 0 saturated carbocycles. The summed E-state index contributed by atoms with van der Waals surface area (Å²) < 4.78 is 10.7. The third kappa shape index (κ3) is 4.95. The van der Waals surface area contributed by atoms with E-state index in [1.807, 2.05) is 36.1 Å². The maximum absolute atomic E-state index is 12.1. The van der Waals surface area contributed by atoms with Crippen molar-refractivity contribution < 1.29 is 18.7 Å².